The third-order valence-corrected chi connectivity index (χ3v) is 4.87. The van der Waals surface area contributed by atoms with Gasteiger partial charge < -0.3 is 5.32 Å². The normalized spacial score (nSPS) is 16.7. The van der Waals surface area contributed by atoms with E-state index in [1.807, 2.05) is 49.4 Å². The van der Waals surface area contributed by atoms with Gasteiger partial charge in [-0.3, -0.25) is 9.69 Å². The highest BCUT2D eigenvalue weighted by atomic mass is 79.9. The third-order valence-electron chi connectivity index (χ3n) is 3.02. The van der Waals surface area contributed by atoms with E-state index in [1.54, 1.807) is 11.3 Å². The van der Waals surface area contributed by atoms with Gasteiger partial charge in [0.2, 0.25) is 0 Å². The molecule has 0 aliphatic carbocycles. The zero-order valence-electron chi connectivity index (χ0n) is 11.1. The van der Waals surface area contributed by atoms with Gasteiger partial charge in [0.05, 0.1) is 9.47 Å². The average Bonchev–Trinajstić information content (AvgIpc) is 2.94. The Kier molecular flexibility index (Phi) is 3.93. The maximum absolute atomic E-state index is 12.5. The average molecular weight is 379 g/mol. The Morgan fingerprint density at radius 2 is 2.14 bits per heavy atom. The maximum Gasteiger partial charge on any atom is 0.281 e. The summed E-state index contributed by atoms with van der Waals surface area (Å²) in [6.45, 7) is 1.99. The lowest BCUT2D eigenvalue weighted by Gasteiger charge is -2.14. The number of anilines is 1. The molecule has 106 valence electrons. The highest BCUT2D eigenvalue weighted by molar-refractivity contribution is 9.11. The third kappa shape index (κ3) is 2.92. The molecule has 0 radical (unpaired) electrons. The topological polar surface area (TPSA) is 32.3 Å². The van der Waals surface area contributed by atoms with Crippen LogP contribution < -0.4 is 10.2 Å². The van der Waals surface area contributed by atoms with E-state index in [4.69, 9.17) is 12.2 Å². The molecule has 1 aliphatic heterocycles. The van der Waals surface area contributed by atoms with E-state index in [0.717, 1.165) is 19.9 Å². The van der Waals surface area contributed by atoms with Crippen molar-refractivity contribution < 1.29 is 4.79 Å². The van der Waals surface area contributed by atoms with E-state index in [-0.39, 0.29) is 5.91 Å². The van der Waals surface area contributed by atoms with Gasteiger partial charge in [-0.25, -0.2) is 0 Å². The van der Waals surface area contributed by atoms with Crippen LogP contribution in [0.25, 0.3) is 6.08 Å². The molecule has 0 bridgehead atoms. The van der Waals surface area contributed by atoms with E-state index in [1.165, 1.54) is 4.90 Å². The van der Waals surface area contributed by atoms with Crippen molar-refractivity contribution in [1.29, 1.82) is 0 Å². The van der Waals surface area contributed by atoms with Crippen LogP contribution in [0.1, 0.15) is 10.4 Å². The molecule has 0 atom stereocenters. The van der Waals surface area contributed by atoms with E-state index in [2.05, 4.69) is 21.2 Å². The first kappa shape index (κ1) is 14.4. The molecule has 2 heterocycles. The first-order chi connectivity index (χ1) is 10.0. The zero-order chi connectivity index (χ0) is 15.0. The number of thiocarbonyl (C=S) groups is 1. The fraction of sp³-hybridized carbons (Fsp3) is 0.0667. The van der Waals surface area contributed by atoms with Gasteiger partial charge >= 0.3 is 0 Å². The quantitative estimate of drug-likeness (QED) is 0.631. The zero-order valence-corrected chi connectivity index (χ0v) is 14.3. The summed E-state index contributed by atoms with van der Waals surface area (Å²) in [5.41, 5.74) is 2.37. The van der Waals surface area contributed by atoms with E-state index in [0.29, 0.717) is 10.8 Å². The minimum absolute atomic E-state index is 0.130. The van der Waals surface area contributed by atoms with Crippen LogP contribution in [0.4, 0.5) is 5.69 Å². The van der Waals surface area contributed by atoms with Crippen molar-refractivity contribution in [3.63, 3.8) is 0 Å². The standard InChI is InChI=1S/C15H11BrN2OS2/c1-9-3-2-4-10(7-9)18-14(19)12(17-15(18)20)8-11-5-6-13(16)21-11/h2-8H,1H3,(H,17,20)/b12-8+. The number of benzene rings is 1. The SMILES string of the molecule is Cc1cccc(N2C(=O)/C(=C\c3ccc(Br)s3)NC2=S)c1. The summed E-state index contributed by atoms with van der Waals surface area (Å²) in [5.74, 6) is -0.130. The van der Waals surface area contributed by atoms with Crippen LogP contribution in [0.5, 0.6) is 0 Å². The summed E-state index contributed by atoms with van der Waals surface area (Å²) in [4.78, 5) is 15.1. The number of halogens is 1. The molecule has 1 aliphatic rings. The van der Waals surface area contributed by atoms with Crippen molar-refractivity contribution in [3.05, 3.63) is 56.3 Å². The van der Waals surface area contributed by atoms with Gasteiger partial charge in [-0.05, 0) is 71.0 Å². The number of thiophene rings is 1. The monoisotopic (exact) mass is 378 g/mol. The molecule has 1 aromatic heterocycles. The maximum atomic E-state index is 12.5. The Balaban J connectivity index is 1.94. The summed E-state index contributed by atoms with van der Waals surface area (Å²) in [6, 6.07) is 11.6. The molecule has 0 unspecified atom stereocenters. The van der Waals surface area contributed by atoms with E-state index < -0.39 is 0 Å². The van der Waals surface area contributed by atoms with Gasteiger partial charge in [-0.15, -0.1) is 11.3 Å². The van der Waals surface area contributed by atoms with Gasteiger partial charge in [-0.1, -0.05) is 12.1 Å². The molecular weight excluding hydrogens is 368 g/mol. The predicted molar refractivity (Wildman–Crippen MR) is 94.4 cm³/mol. The molecule has 1 N–H and O–H groups in total. The van der Waals surface area contributed by atoms with Crippen LogP contribution in [-0.2, 0) is 4.79 Å². The largest absolute Gasteiger partial charge is 0.327 e. The molecule has 21 heavy (non-hydrogen) atoms. The summed E-state index contributed by atoms with van der Waals surface area (Å²) >= 11 is 10.3. The molecule has 3 rings (SSSR count). The number of carbonyl (C=O) groups excluding carboxylic acids is 1. The number of carbonyl (C=O) groups is 1. The number of hydrogen-bond donors (Lipinski definition) is 1. The van der Waals surface area contributed by atoms with Gasteiger partial charge in [0.15, 0.2) is 5.11 Å². The number of amides is 1. The van der Waals surface area contributed by atoms with Gasteiger partial charge in [0, 0.05) is 4.88 Å². The van der Waals surface area contributed by atoms with Crippen molar-refractivity contribution in [2.75, 3.05) is 4.90 Å². The van der Waals surface area contributed by atoms with Crippen LogP contribution in [-0.4, -0.2) is 11.0 Å². The minimum atomic E-state index is -0.130. The molecule has 1 aromatic carbocycles. The molecule has 0 spiro atoms. The van der Waals surface area contributed by atoms with Crippen molar-refractivity contribution in [2.24, 2.45) is 0 Å². The predicted octanol–water partition coefficient (Wildman–Crippen LogP) is 4.08. The van der Waals surface area contributed by atoms with E-state index in [9.17, 15) is 4.79 Å². The van der Waals surface area contributed by atoms with Crippen LogP contribution in [0.3, 0.4) is 0 Å². The lowest BCUT2D eigenvalue weighted by molar-refractivity contribution is -0.113. The molecule has 0 saturated carbocycles. The smallest absolute Gasteiger partial charge is 0.281 e. The second-order valence-electron chi connectivity index (χ2n) is 4.61. The molecule has 1 saturated heterocycles. The van der Waals surface area contributed by atoms with E-state index >= 15 is 0 Å². The Labute approximate surface area is 140 Å². The number of aryl methyl sites for hydroxylation is 1. The van der Waals surface area contributed by atoms with Crippen LogP contribution in [0.15, 0.2) is 45.9 Å². The van der Waals surface area contributed by atoms with Gasteiger partial charge in [0.25, 0.3) is 5.91 Å². The number of rotatable bonds is 2. The second kappa shape index (κ2) is 5.71. The number of nitrogens with one attached hydrogen (secondary N) is 1. The summed E-state index contributed by atoms with van der Waals surface area (Å²) in [5, 5.41) is 3.40. The highest BCUT2D eigenvalue weighted by Gasteiger charge is 2.31. The fourth-order valence-corrected chi connectivity index (χ4v) is 3.75. The van der Waals surface area contributed by atoms with Crippen molar-refractivity contribution >= 4 is 62.3 Å². The number of nitrogens with zero attached hydrogens (tertiary/aromatic N) is 1. The van der Waals surface area contributed by atoms with Gasteiger partial charge in [0.1, 0.15) is 5.70 Å². The van der Waals surface area contributed by atoms with Crippen LogP contribution >= 0.6 is 39.5 Å². The molecular formula is C15H11BrN2OS2. The molecule has 3 nitrogen and oxygen atoms in total. The highest BCUT2D eigenvalue weighted by Crippen LogP contribution is 2.27. The first-order valence-electron chi connectivity index (χ1n) is 6.24. The fourth-order valence-electron chi connectivity index (χ4n) is 2.08. The molecule has 6 heteroatoms. The van der Waals surface area contributed by atoms with Crippen LogP contribution in [0, 0.1) is 6.92 Å². The number of hydrogen-bond acceptors (Lipinski definition) is 3. The Morgan fingerprint density at radius 1 is 1.33 bits per heavy atom. The lowest BCUT2D eigenvalue weighted by atomic mass is 10.2. The summed E-state index contributed by atoms with van der Waals surface area (Å²) in [7, 11) is 0. The Bertz CT molecular complexity index is 767. The Hall–Kier alpha value is -1.50. The lowest BCUT2D eigenvalue weighted by Crippen LogP contribution is -2.30. The molecule has 1 fully saturated rings. The molecule has 2 aromatic rings. The molecule has 1 amide bonds. The van der Waals surface area contributed by atoms with Crippen molar-refractivity contribution in [1.82, 2.24) is 5.32 Å². The van der Waals surface area contributed by atoms with Crippen molar-refractivity contribution in [3.8, 4) is 0 Å². The Morgan fingerprint density at radius 3 is 2.81 bits per heavy atom. The summed E-state index contributed by atoms with van der Waals surface area (Å²) in [6.07, 6.45) is 1.82. The van der Waals surface area contributed by atoms with Crippen LogP contribution in [0.2, 0.25) is 0 Å². The second-order valence-corrected chi connectivity index (χ2v) is 7.49. The summed E-state index contributed by atoms with van der Waals surface area (Å²) < 4.78 is 1.03. The van der Waals surface area contributed by atoms with Crippen molar-refractivity contribution in [2.45, 2.75) is 6.92 Å². The minimum Gasteiger partial charge on any atom is -0.327 e. The first-order valence-corrected chi connectivity index (χ1v) is 8.25. The van der Waals surface area contributed by atoms with Gasteiger partial charge in [-0.2, -0.15) is 0 Å².